The van der Waals surface area contributed by atoms with Gasteiger partial charge in [-0.05, 0) is 26.0 Å². The topological polar surface area (TPSA) is 30.2 Å². The maximum atomic E-state index is 4.47. The number of nitrogens with zero attached hydrogens (tertiary/aromatic N) is 3. The van der Waals surface area contributed by atoms with Crippen molar-refractivity contribution < 1.29 is 0 Å². The van der Waals surface area contributed by atoms with Crippen molar-refractivity contribution in [2.45, 2.75) is 13.8 Å². The summed E-state index contributed by atoms with van der Waals surface area (Å²) in [6, 6.07) is 6.10. The van der Waals surface area contributed by atoms with Crippen LogP contribution in [0, 0.1) is 13.8 Å². The summed E-state index contributed by atoms with van der Waals surface area (Å²) in [5.41, 5.74) is 5.22. The summed E-state index contributed by atoms with van der Waals surface area (Å²) < 4.78 is 2.10. The Balaban J connectivity index is 2.74. The first-order valence-corrected chi connectivity index (χ1v) is 4.31. The van der Waals surface area contributed by atoms with Gasteiger partial charge in [0.25, 0.3) is 0 Å². The maximum absolute atomic E-state index is 4.47. The van der Waals surface area contributed by atoms with Gasteiger partial charge in [-0.3, -0.25) is 4.40 Å². The Morgan fingerprint density at radius 2 is 1.92 bits per heavy atom. The summed E-state index contributed by atoms with van der Waals surface area (Å²) in [5, 5.41) is 0. The van der Waals surface area contributed by atoms with E-state index in [4.69, 9.17) is 0 Å². The van der Waals surface area contributed by atoms with Crippen molar-refractivity contribution >= 4 is 16.8 Å². The van der Waals surface area contributed by atoms with Gasteiger partial charge in [0, 0.05) is 0 Å². The molecule has 0 fully saturated rings. The fourth-order valence-corrected chi connectivity index (χ4v) is 1.82. The first-order valence-electron chi connectivity index (χ1n) is 4.31. The average Bonchev–Trinajstić information content (AvgIpc) is 2.59. The second kappa shape index (κ2) is 1.99. The van der Waals surface area contributed by atoms with Gasteiger partial charge in [-0.15, -0.1) is 0 Å². The van der Waals surface area contributed by atoms with Gasteiger partial charge in [-0.1, -0.05) is 6.07 Å². The van der Waals surface area contributed by atoms with Gasteiger partial charge in [0.1, 0.15) is 5.65 Å². The third-order valence-corrected chi connectivity index (χ3v) is 2.43. The molecule has 64 valence electrons. The molecule has 0 saturated heterocycles. The molecule has 3 aromatic rings. The molecular weight excluding hydrogens is 162 g/mol. The van der Waals surface area contributed by atoms with Crippen LogP contribution in [0.1, 0.15) is 11.4 Å². The first kappa shape index (κ1) is 6.83. The smallest absolute Gasteiger partial charge is 0.160 e. The molecule has 3 rings (SSSR count). The van der Waals surface area contributed by atoms with Gasteiger partial charge in [0.05, 0.1) is 16.9 Å². The molecule has 13 heavy (non-hydrogen) atoms. The van der Waals surface area contributed by atoms with Crippen molar-refractivity contribution in [1.29, 1.82) is 0 Å². The number of aromatic nitrogens is 3. The maximum Gasteiger partial charge on any atom is 0.160 e. The predicted molar refractivity (Wildman–Crippen MR) is 51.2 cm³/mol. The quantitative estimate of drug-likeness (QED) is 0.517. The highest BCUT2D eigenvalue weighted by Crippen LogP contribution is 2.20. The Kier molecular flexibility index (Phi) is 1.05. The van der Waals surface area contributed by atoms with Crippen LogP contribution in [0.25, 0.3) is 16.8 Å². The van der Waals surface area contributed by atoms with Crippen molar-refractivity contribution in [2.24, 2.45) is 0 Å². The highest BCUT2D eigenvalue weighted by Gasteiger charge is 2.11. The minimum atomic E-state index is 0.989. The van der Waals surface area contributed by atoms with Gasteiger partial charge in [-0.25, -0.2) is 9.97 Å². The fraction of sp³-hybridized carbons (Fsp3) is 0.200. The molecule has 3 heteroatoms. The van der Waals surface area contributed by atoms with Crippen LogP contribution in [0.4, 0.5) is 0 Å². The number of hydrogen-bond acceptors (Lipinski definition) is 2. The molecule has 0 aromatic carbocycles. The highest BCUT2D eigenvalue weighted by atomic mass is 15.1. The molecule has 0 spiro atoms. The summed E-state index contributed by atoms with van der Waals surface area (Å²) in [6.07, 6.45) is 0. The molecule has 0 amide bonds. The summed E-state index contributed by atoms with van der Waals surface area (Å²) in [4.78, 5) is 8.89. The Morgan fingerprint density at radius 3 is 2.77 bits per heavy atom. The highest BCUT2D eigenvalue weighted by molar-refractivity contribution is 5.71. The van der Waals surface area contributed by atoms with E-state index in [1.807, 2.05) is 26.0 Å². The van der Waals surface area contributed by atoms with Crippen LogP contribution < -0.4 is 0 Å². The first-order chi connectivity index (χ1) is 6.27. The van der Waals surface area contributed by atoms with Gasteiger partial charge in [0.15, 0.2) is 5.65 Å². The molecule has 0 radical (unpaired) electrons. The largest absolute Gasteiger partial charge is 0.276 e. The fourth-order valence-electron chi connectivity index (χ4n) is 1.82. The molecule has 0 aliphatic carbocycles. The number of hydrogen-bond donors (Lipinski definition) is 0. The molecule has 0 saturated carbocycles. The van der Waals surface area contributed by atoms with Gasteiger partial charge >= 0.3 is 0 Å². The zero-order valence-corrected chi connectivity index (χ0v) is 7.57. The molecule has 3 heterocycles. The lowest BCUT2D eigenvalue weighted by molar-refractivity contribution is 1.25. The lowest BCUT2D eigenvalue weighted by atomic mass is 10.3. The molecule has 0 aliphatic heterocycles. The van der Waals surface area contributed by atoms with Crippen molar-refractivity contribution in [1.82, 2.24) is 14.4 Å². The number of rotatable bonds is 0. The van der Waals surface area contributed by atoms with E-state index in [9.17, 15) is 0 Å². The van der Waals surface area contributed by atoms with Crippen LogP contribution >= 0.6 is 0 Å². The Bertz CT molecular complexity index is 580. The lowest BCUT2D eigenvalue weighted by Gasteiger charge is -1.91. The third-order valence-electron chi connectivity index (χ3n) is 2.43. The van der Waals surface area contributed by atoms with Crippen LogP contribution in [-0.4, -0.2) is 14.4 Å². The molecular formula is C10H9N3. The minimum Gasteiger partial charge on any atom is -0.276 e. The van der Waals surface area contributed by atoms with Crippen LogP contribution in [0.3, 0.4) is 0 Å². The van der Waals surface area contributed by atoms with Gasteiger partial charge in [0.2, 0.25) is 0 Å². The van der Waals surface area contributed by atoms with E-state index in [0.717, 1.165) is 28.2 Å². The Morgan fingerprint density at radius 1 is 1.08 bits per heavy atom. The third kappa shape index (κ3) is 0.691. The van der Waals surface area contributed by atoms with E-state index in [1.54, 1.807) is 0 Å². The molecule has 0 atom stereocenters. The molecule has 0 bridgehead atoms. The molecule has 0 unspecified atom stereocenters. The standard InChI is InChI=1S/C10H9N3/c1-6-8-4-3-5-9-11-7(2)10(12-6)13(8)9/h3-5H,1-2H3. The Labute approximate surface area is 75.4 Å². The molecule has 0 aliphatic rings. The van der Waals surface area contributed by atoms with Crippen LogP contribution in [0.15, 0.2) is 18.2 Å². The number of pyridine rings is 1. The minimum absolute atomic E-state index is 0.989. The van der Waals surface area contributed by atoms with Crippen LogP contribution in [0.5, 0.6) is 0 Å². The van der Waals surface area contributed by atoms with Crippen LogP contribution in [0.2, 0.25) is 0 Å². The van der Waals surface area contributed by atoms with Crippen molar-refractivity contribution in [2.75, 3.05) is 0 Å². The van der Waals surface area contributed by atoms with Crippen LogP contribution in [-0.2, 0) is 0 Å². The van der Waals surface area contributed by atoms with Gasteiger partial charge < -0.3 is 0 Å². The van der Waals surface area contributed by atoms with Crippen molar-refractivity contribution in [3.8, 4) is 0 Å². The zero-order chi connectivity index (χ0) is 9.00. The SMILES string of the molecule is Cc1nc2c(C)nc3cccc1n32. The second-order valence-corrected chi connectivity index (χ2v) is 3.32. The van der Waals surface area contributed by atoms with E-state index >= 15 is 0 Å². The summed E-state index contributed by atoms with van der Waals surface area (Å²) >= 11 is 0. The van der Waals surface area contributed by atoms with E-state index in [1.165, 1.54) is 0 Å². The van der Waals surface area contributed by atoms with Crippen molar-refractivity contribution in [3.05, 3.63) is 29.6 Å². The summed E-state index contributed by atoms with van der Waals surface area (Å²) in [5.74, 6) is 0. The molecule has 3 nitrogen and oxygen atoms in total. The van der Waals surface area contributed by atoms with E-state index in [-0.39, 0.29) is 0 Å². The average molecular weight is 171 g/mol. The van der Waals surface area contributed by atoms with Gasteiger partial charge in [-0.2, -0.15) is 0 Å². The number of imidazole rings is 2. The Hall–Kier alpha value is -1.64. The van der Waals surface area contributed by atoms with E-state index < -0.39 is 0 Å². The second-order valence-electron chi connectivity index (χ2n) is 3.32. The molecule has 0 N–H and O–H groups in total. The monoisotopic (exact) mass is 171 g/mol. The predicted octanol–water partition coefficient (Wildman–Crippen LogP) is 1.94. The van der Waals surface area contributed by atoms with E-state index in [0.29, 0.717) is 0 Å². The van der Waals surface area contributed by atoms with Crippen molar-refractivity contribution in [3.63, 3.8) is 0 Å². The summed E-state index contributed by atoms with van der Waals surface area (Å²) in [6.45, 7) is 4.02. The lowest BCUT2D eigenvalue weighted by Crippen LogP contribution is -1.81. The number of aryl methyl sites for hydroxylation is 2. The zero-order valence-electron chi connectivity index (χ0n) is 7.57. The molecule has 3 aromatic heterocycles. The summed E-state index contributed by atoms with van der Waals surface area (Å²) in [7, 11) is 0. The van der Waals surface area contributed by atoms with E-state index in [2.05, 4.69) is 20.4 Å². The normalized spacial score (nSPS) is 11.8.